The first-order valence-corrected chi connectivity index (χ1v) is 8.88. The van der Waals surface area contributed by atoms with Crippen molar-refractivity contribution in [3.05, 3.63) is 101 Å². The molecule has 0 aromatic heterocycles. The van der Waals surface area contributed by atoms with E-state index in [9.17, 15) is 4.79 Å². The van der Waals surface area contributed by atoms with Gasteiger partial charge in [-0.15, -0.1) is 0 Å². The van der Waals surface area contributed by atoms with Gasteiger partial charge in [0.25, 0.3) is 0 Å². The van der Waals surface area contributed by atoms with E-state index in [0.29, 0.717) is 0 Å². The minimum Gasteiger partial charge on any atom is -0.325 e. The number of anilines is 1. The van der Waals surface area contributed by atoms with E-state index in [4.69, 9.17) is 0 Å². The Bertz CT molecular complexity index is 938. The minimum absolute atomic E-state index is 0.0367. The number of carbonyl (C=O) groups is 1. The monoisotopic (exact) mass is 339 g/mol. The minimum atomic E-state index is -0.194. The van der Waals surface area contributed by atoms with Crippen LogP contribution in [0.2, 0.25) is 0 Å². The lowest BCUT2D eigenvalue weighted by molar-refractivity contribution is -0.116. The SMILES string of the molecule is Cc1ccc(NC(=O)C2C(c3ccccc3)=C2c2ccccc2)c(C)c1. The molecular formula is C24H21NO. The van der Waals surface area contributed by atoms with Gasteiger partial charge in [-0.25, -0.2) is 0 Å². The number of rotatable bonds is 4. The van der Waals surface area contributed by atoms with Gasteiger partial charge in [-0.05, 0) is 47.8 Å². The highest BCUT2D eigenvalue weighted by molar-refractivity contribution is 6.26. The molecule has 128 valence electrons. The molecule has 1 aliphatic rings. The van der Waals surface area contributed by atoms with E-state index >= 15 is 0 Å². The summed E-state index contributed by atoms with van der Waals surface area (Å²) in [4.78, 5) is 13.0. The molecule has 3 aromatic carbocycles. The molecule has 0 fully saturated rings. The van der Waals surface area contributed by atoms with Crippen LogP contribution in [0.1, 0.15) is 22.3 Å². The van der Waals surface area contributed by atoms with Crippen LogP contribution in [0.5, 0.6) is 0 Å². The maximum absolute atomic E-state index is 13.0. The van der Waals surface area contributed by atoms with Gasteiger partial charge < -0.3 is 5.32 Å². The van der Waals surface area contributed by atoms with E-state index < -0.39 is 0 Å². The van der Waals surface area contributed by atoms with Crippen LogP contribution in [0.15, 0.2) is 78.9 Å². The lowest BCUT2D eigenvalue weighted by Crippen LogP contribution is -2.17. The quantitative estimate of drug-likeness (QED) is 0.670. The maximum atomic E-state index is 13.0. The number of hydrogen-bond acceptors (Lipinski definition) is 1. The van der Waals surface area contributed by atoms with Gasteiger partial charge in [-0.2, -0.15) is 0 Å². The zero-order valence-corrected chi connectivity index (χ0v) is 15.0. The van der Waals surface area contributed by atoms with Crippen LogP contribution in [-0.2, 0) is 4.79 Å². The Labute approximate surface area is 154 Å². The molecular weight excluding hydrogens is 318 g/mol. The number of nitrogens with one attached hydrogen (secondary N) is 1. The Morgan fingerprint density at radius 3 is 1.81 bits per heavy atom. The van der Waals surface area contributed by atoms with Crippen LogP contribution < -0.4 is 5.32 Å². The van der Waals surface area contributed by atoms with Crippen LogP contribution in [-0.4, -0.2) is 5.91 Å². The fourth-order valence-electron chi connectivity index (χ4n) is 3.52. The third kappa shape index (κ3) is 3.06. The van der Waals surface area contributed by atoms with Crippen molar-refractivity contribution in [1.82, 2.24) is 0 Å². The Balaban J connectivity index is 1.64. The van der Waals surface area contributed by atoms with Crippen molar-refractivity contribution in [1.29, 1.82) is 0 Å². The summed E-state index contributed by atoms with van der Waals surface area (Å²) in [6.07, 6.45) is 0. The molecule has 0 saturated carbocycles. The van der Waals surface area contributed by atoms with Gasteiger partial charge in [0, 0.05) is 5.69 Å². The standard InChI is InChI=1S/C24H21NO/c1-16-13-14-20(17(2)15-16)25-24(26)23-21(18-9-5-3-6-10-18)22(23)19-11-7-4-8-12-19/h3-15,23H,1-2H3,(H,25,26). The van der Waals surface area contributed by atoms with E-state index in [1.54, 1.807) is 0 Å². The van der Waals surface area contributed by atoms with Gasteiger partial charge in [0.1, 0.15) is 0 Å². The second-order valence-corrected chi connectivity index (χ2v) is 6.80. The highest BCUT2D eigenvalue weighted by Crippen LogP contribution is 2.53. The number of hydrogen-bond donors (Lipinski definition) is 1. The predicted octanol–water partition coefficient (Wildman–Crippen LogP) is 5.48. The molecule has 0 aliphatic heterocycles. The van der Waals surface area contributed by atoms with Gasteiger partial charge in [0.05, 0.1) is 5.92 Å². The number of aryl methyl sites for hydroxylation is 2. The summed E-state index contributed by atoms with van der Waals surface area (Å²) < 4.78 is 0. The summed E-state index contributed by atoms with van der Waals surface area (Å²) in [5.41, 5.74) is 7.64. The molecule has 2 nitrogen and oxygen atoms in total. The second kappa shape index (κ2) is 6.64. The molecule has 0 atom stereocenters. The van der Waals surface area contributed by atoms with Gasteiger partial charge in [0.15, 0.2) is 0 Å². The van der Waals surface area contributed by atoms with Crippen molar-refractivity contribution in [2.75, 3.05) is 5.32 Å². The van der Waals surface area contributed by atoms with Crippen molar-refractivity contribution < 1.29 is 4.79 Å². The van der Waals surface area contributed by atoms with E-state index in [0.717, 1.165) is 33.5 Å². The molecule has 26 heavy (non-hydrogen) atoms. The molecule has 0 radical (unpaired) electrons. The first kappa shape index (κ1) is 16.3. The highest BCUT2D eigenvalue weighted by Gasteiger charge is 2.43. The fourth-order valence-corrected chi connectivity index (χ4v) is 3.52. The average Bonchev–Trinajstić information content (AvgIpc) is 3.41. The third-order valence-electron chi connectivity index (χ3n) is 4.86. The highest BCUT2D eigenvalue weighted by atomic mass is 16.2. The normalized spacial score (nSPS) is 13.6. The zero-order valence-electron chi connectivity index (χ0n) is 15.0. The van der Waals surface area contributed by atoms with Crippen molar-refractivity contribution >= 4 is 22.7 Å². The van der Waals surface area contributed by atoms with Crippen molar-refractivity contribution in [2.45, 2.75) is 13.8 Å². The number of amides is 1. The first-order chi connectivity index (χ1) is 12.6. The summed E-state index contributed by atoms with van der Waals surface area (Å²) in [7, 11) is 0. The van der Waals surface area contributed by atoms with Gasteiger partial charge in [-0.1, -0.05) is 78.4 Å². The summed E-state index contributed by atoms with van der Waals surface area (Å²) in [5.74, 6) is -0.157. The van der Waals surface area contributed by atoms with E-state index in [1.165, 1.54) is 5.56 Å². The summed E-state index contributed by atoms with van der Waals surface area (Å²) in [6.45, 7) is 4.08. The number of carbonyl (C=O) groups excluding carboxylic acids is 1. The largest absolute Gasteiger partial charge is 0.325 e. The van der Waals surface area contributed by atoms with Crippen LogP contribution in [0.3, 0.4) is 0 Å². The lowest BCUT2D eigenvalue weighted by atomic mass is 10.1. The molecule has 1 aliphatic carbocycles. The molecule has 2 heteroatoms. The Morgan fingerprint density at radius 1 is 0.769 bits per heavy atom. The van der Waals surface area contributed by atoms with E-state index in [1.807, 2.05) is 55.5 Å². The van der Waals surface area contributed by atoms with Crippen LogP contribution in [0.4, 0.5) is 5.69 Å². The molecule has 4 rings (SSSR count). The molecule has 3 aromatic rings. The lowest BCUT2D eigenvalue weighted by Gasteiger charge is -2.10. The zero-order chi connectivity index (χ0) is 18.1. The predicted molar refractivity (Wildman–Crippen MR) is 108 cm³/mol. The Kier molecular flexibility index (Phi) is 4.18. The van der Waals surface area contributed by atoms with Crippen LogP contribution in [0.25, 0.3) is 11.1 Å². The molecule has 0 bridgehead atoms. The third-order valence-corrected chi connectivity index (χ3v) is 4.86. The maximum Gasteiger partial charge on any atom is 0.236 e. The average molecular weight is 339 g/mol. The molecule has 0 heterocycles. The topological polar surface area (TPSA) is 29.1 Å². The fraction of sp³-hybridized carbons (Fsp3) is 0.125. The number of benzene rings is 3. The molecule has 0 unspecified atom stereocenters. The van der Waals surface area contributed by atoms with E-state index in [2.05, 4.69) is 42.6 Å². The molecule has 1 N–H and O–H groups in total. The summed E-state index contributed by atoms with van der Waals surface area (Å²) >= 11 is 0. The molecule has 1 amide bonds. The van der Waals surface area contributed by atoms with Crippen molar-refractivity contribution in [2.24, 2.45) is 5.92 Å². The van der Waals surface area contributed by atoms with E-state index in [-0.39, 0.29) is 11.8 Å². The Morgan fingerprint density at radius 2 is 1.31 bits per heavy atom. The van der Waals surface area contributed by atoms with Gasteiger partial charge in [0.2, 0.25) is 5.91 Å². The Hall–Kier alpha value is -3.13. The molecule has 0 spiro atoms. The van der Waals surface area contributed by atoms with Gasteiger partial charge >= 0.3 is 0 Å². The van der Waals surface area contributed by atoms with Crippen LogP contribution in [0, 0.1) is 19.8 Å². The summed E-state index contributed by atoms with van der Waals surface area (Å²) in [5, 5.41) is 3.12. The smallest absolute Gasteiger partial charge is 0.236 e. The van der Waals surface area contributed by atoms with Crippen molar-refractivity contribution in [3.63, 3.8) is 0 Å². The molecule has 0 saturated heterocycles. The van der Waals surface area contributed by atoms with Crippen molar-refractivity contribution in [3.8, 4) is 0 Å². The second-order valence-electron chi connectivity index (χ2n) is 6.80. The van der Waals surface area contributed by atoms with Crippen LogP contribution >= 0.6 is 0 Å². The summed E-state index contributed by atoms with van der Waals surface area (Å²) in [6, 6.07) is 26.4. The first-order valence-electron chi connectivity index (χ1n) is 8.88. The van der Waals surface area contributed by atoms with Gasteiger partial charge in [-0.3, -0.25) is 4.79 Å².